The number of benzene rings is 1. The zero-order chi connectivity index (χ0) is 20.6. The van der Waals surface area contributed by atoms with Crippen LogP contribution in [0.15, 0.2) is 48.9 Å². The van der Waals surface area contributed by atoms with Crippen LogP contribution in [0.2, 0.25) is 0 Å². The summed E-state index contributed by atoms with van der Waals surface area (Å²) in [6.07, 6.45) is 4.19. The fraction of sp³-hybridized carbons (Fsp3) is 0.158. The molecule has 0 bridgehead atoms. The summed E-state index contributed by atoms with van der Waals surface area (Å²) < 4.78 is 19.3. The third-order valence-corrected chi connectivity index (χ3v) is 3.95. The zero-order valence-corrected chi connectivity index (χ0v) is 16.0. The van der Waals surface area contributed by atoms with Crippen LogP contribution in [0.3, 0.4) is 0 Å². The van der Waals surface area contributed by atoms with Crippen molar-refractivity contribution in [3.63, 3.8) is 0 Å². The molecule has 0 unspecified atom stereocenters. The summed E-state index contributed by atoms with van der Waals surface area (Å²) in [5.74, 6) is 0.00220. The highest BCUT2D eigenvalue weighted by molar-refractivity contribution is 6.18. The average Bonchev–Trinajstić information content (AvgIpc) is 2.74. The van der Waals surface area contributed by atoms with Crippen LogP contribution in [-0.4, -0.2) is 33.3 Å². The van der Waals surface area contributed by atoms with E-state index in [4.69, 9.17) is 22.1 Å². The summed E-state index contributed by atoms with van der Waals surface area (Å²) in [7, 11) is 0. The first-order valence-electron chi connectivity index (χ1n) is 8.62. The van der Waals surface area contributed by atoms with Gasteiger partial charge in [0.2, 0.25) is 5.88 Å². The monoisotopic (exact) mass is 416 g/mol. The number of rotatable bonds is 8. The molecule has 2 aromatic heterocycles. The molecule has 29 heavy (non-hydrogen) atoms. The van der Waals surface area contributed by atoms with E-state index in [2.05, 4.69) is 25.6 Å². The second kappa shape index (κ2) is 9.65. The van der Waals surface area contributed by atoms with Crippen molar-refractivity contribution in [1.82, 2.24) is 15.0 Å². The van der Waals surface area contributed by atoms with Gasteiger partial charge in [-0.2, -0.15) is 0 Å². The van der Waals surface area contributed by atoms with Crippen LogP contribution in [0.5, 0.6) is 5.88 Å². The molecule has 0 spiro atoms. The Balaban J connectivity index is 1.66. The minimum absolute atomic E-state index is 0.0929. The first kappa shape index (κ1) is 20.3. The molecule has 0 radical (unpaired) electrons. The molecular formula is C19H18ClFN6O2. The smallest absolute Gasteiger partial charge is 0.275 e. The third kappa shape index (κ3) is 5.52. The molecule has 0 saturated heterocycles. The van der Waals surface area contributed by atoms with Crippen LogP contribution in [0.4, 0.5) is 21.6 Å². The third-order valence-electron chi connectivity index (χ3n) is 3.80. The second-order valence-electron chi connectivity index (χ2n) is 5.83. The first-order valence-corrected chi connectivity index (χ1v) is 9.15. The largest absolute Gasteiger partial charge is 0.475 e. The maximum Gasteiger partial charge on any atom is 0.275 e. The van der Waals surface area contributed by atoms with E-state index in [1.165, 1.54) is 30.6 Å². The minimum Gasteiger partial charge on any atom is -0.475 e. The highest BCUT2D eigenvalue weighted by atomic mass is 35.5. The van der Waals surface area contributed by atoms with E-state index in [0.29, 0.717) is 35.2 Å². The van der Waals surface area contributed by atoms with Gasteiger partial charge in [-0.15, -0.1) is 11.6 Å². The predicted octanol–water partition coefficient (Wildman–Crippen LogP) is 3.07. The van der Waals surface area contributed by atoms with E-state index in [-0.39, 0.29) is 18.1 Å². The van der Waals surface area contributed by atoms with E-state index < -0.39 is 11.7 Å². The molecule has 0 aliphatic rings. The van der Waals surface area contributed by atoms with Crippen LogP contribution < -0.4 is 21.1 Å². The first-order chi connectivity index (χ1) is 14.1. The van der Waals surface area contributed by atoms with E-state index in [1.807, 2.05) is 0 Å². The van der Waals surface area contributed by atoms with E-state index >= 15 is 0 Å². The molecule has 0 saturated carbocycles. The molecule has 0 aliphatic heterocycles. The highest BCUT2D eigenvalue weighted by Crippen LogP contribution is 2.19. The number of halogens is 2. The summed E-state index contributed by atoms with van der Waals surface area (Å²) in [6, 6.07) is 7.72. The van der Waals surface area contributed by atoms with Crippen molar-refractivity contribution in [3.05, 3.63) is 66.0 Å². The Hall–Kier alpha value is -3.46. The number of carbonyl (C=O) groups is 1. The van der Waals surface area contributed by atoms with E-state index in [1.54, 1.807) is 18.3 Å². The van der Waals surface area contributed by atoms with Gasteiger partial charge in [0.1, 0.15) is 23.9 Å². The number of pyridine rings is 1. The topological polar surface area (TPSA) is 115 Å². The molecule has 1 aromatic carbocycles. The maximum atomic E-state index is 14.1. The fourth-order valence-corrected chi connectivity index (χ4v) is 2.47. The van der Waals surface area contributed by atoms with Gasteiger partial charge in [0.15, 0.2) is 0 Å². The van der Waals surface area contributed by atoms with Crippen molar-refractivity contribution in [1.29, 1.82) is 0 Å². The van der Waals surface area contributed by atoms with Crippen molar-refractivity contribution in [2.24, 2.45) is 0 Å². The molecule has 150 valence electrons. The van der Waals surface area contributed by atoms with Crippen molar-refractivity contribution in [3.8, 4) is 5.88 Å². The molecular weight excluding hydrogens is 399 g/mol. The molecule has 2 heterocycles. The summed E-state index contributed by atoms with van der Waals surface area (Å²) in [4.78, 5) is 24.3. The van der Waals surface area contributed by atoms with Gasteiger partial charge in [-0.1, -0.05) is 0 Å². The Morgan fingerprint density at radius 3 is 2.79 bits per heavy atom. The minimum atomic E-state index is -0.483. The van der Waals surface area contributed by atoms with Gasteiger partial charge < -0.3 is 21.1 Å². The number of nitrogens with two attached hydrogens (primary N) is 1. The van der Waals surface area contributed by atoms with Crippen LogP contribution in [0.25, 0.3) is 0 Å². The maximum absolute atomic E-state index is 14.1. The Bertz CT molecular complexity index is 987. The molecule has 4 N–H and O–H groups in total. The quantitative estimate of drug-likeness (QED) is 0.483. The number of nitrogens with one attached hydrogen (secondary N) is 2. The number of ether oxygens (including phenoxy) is 1. The molecule has 10 heteroatoms. The van der Waals surface area contributed by atoms with Gasteiger partial charge in [0, 0.05) is 24.0 Å². The Kier molecular flexibility index (Phi) is 6.75. The van der Waals surface area contributed by atoms with E-state index in [0.717, 1.165) is 0 Å². The number of amides is 1. The number of nitrogen functional groups attached to an aromatic ring is 1. The van der Waals surface area contributed by atoms with E-state index in [9.17, 15) is 9.18 Å². The number of carbonyl (C=O) groups excluding carboxylic acids is 1. The lowest BCUT2D eigenvalue weighted by Gasteiger charge is -2.11. The Labute approximate surface area is 171 Å². The lowest BCUT2D eigenvalue weighted by molar-refractivity contribution is 0.102. The number of alkyl halides is 1. The zero-order valence-electron chi connectivity index (χ0n) is 15.2. The Morgan fingerprint density at radius 1 is 1.21 bits per heavy atom. The van der Waals surface area contributed by atoms with Crippen molar-refractivity contribution in [2.75, 3.05) is 28.9 Å². The fourth-order valence-electron chi connectivity index (χ4n) is 2.39. The highest BCUT2D eigenvalue weighted by Gasteiger charge is 2.11. The number of anilines is 3. The second-order valence-corrected chi connectivity index (χ2v) is 6.21. The number of aromatic nitrogens is 3. The number of hydrogen-bond donors (Lipinski definition) is 3. The summed E-state index contributed by atoms with van der Waals surface area (Å²) in [5.41, 5.74) is 7.21. The van der Waals surface area contributed by atoms with Crippen LogP contribution in [0, 0.1) is 5.82 Å². The molecule has 8 nitrogen and oxygen atoms in total. The van der Waals surface area contributed by atoms with Crippen LogP contribution in [0.1, 0.15) is 16.1 Å². The van der Waals surface area contributed by atoms with Crippen molar-refractivity contribution in [2.45, 2.75) is 6.54 Å². The molecule has 0 fully saturated rings. The Morgan fingerprint density at radius 2 is 2.07 bits per heavy atom. The van der Waals surface area contributed by atoms with Crippen molar-refractivity contribution >= 4 is 34.7 Å². The normalized spacial score (nSPS) is 10.4. The van der Waals surface area contributed by atoms with Gasteiger partial charge in [0.25, 0.3) is 5.91 Å². The predicted molar refractivity (Wildman–Crippen MR) is 109 cm³/mol. The van der Waals surface area contributed by atoms with Gasteiger partial charge in [-0.3, -0.25) is 4.79 Å². The number of hydrogen-bond acceptors (Lipinski definition) is 7. The summed E-state index contributed by atoms with van der Waals surface area (Å²) in [5, 5.41) is 5.68. The van der Waals surface area contributed by atoms with Gasteiger partial charge in [-0.25, -0.2) is 19.3 Å². The molecule has 3 rings (SSSR count). The summed E-state index contributed by atoms with van der Waals surface area (Å²) >= 11 is 5.53. The average molecular weight is 417 g/mol. The molecule has 3 aromatic rings. The SMILES string of the molecule is Nc1ncccc1NCc1cc(NC(=O)c2cnc(OCCCl)cn2)ccc1F. The number of nitrogens with zero attached hydrogens (tertiary/aromatic N) is 3. The molecule has 0 atom stereocenters. The van der Waals surface area contributed by atoms with Gasteiger partial charge >= 0.3 is 0 Å². The van der Waals surface area contributed by atoms with Crippen molar-refractivity contribution < 1.29 is 13.9 Å². The standard InChI is InChI=1S/C19H18ClFN6O2/c20-5-7-29-17-11-25-16(10-26-17)19(28)27-13-3-4-14(21)12(8-13)9-24-15-2-1-6-23-18(15)22/h1-4,6,8,10-11,24H,5,7,9H2,(H2,22,23)(H,27,28). The van der Waals surface area contributed by atoms with Crippen LogP contribution in [-0.2, 0) is 6.54 Å². The molecule has 0 aliphatic carbocycles. The van der Waals surface area contributed by atoms with Gasteiger partial charge in [0.05, 0.1) is 24.0 Å². The molecule has 1 amide bonds. The lowest BCUT2D eigenvalue weighted by atomic mass is 10.1. The van der Waals surface area contributed by atoms with Crippen LogP contribution >= 0.6 is 11.6 Å². The summed E-state index contributed by atoms with van der Waals surface area (Å²) in [6.45, 7) is 0.455. The van der Waals surface area contributed by atoms with Gasteiger partial charge in [-0.05, 0) is 30.3 Å². The lowest BCUT2D eigenvalue weighted by Crippen LogP contribution is -2.15.